The van der Waals surface area contributed by atoms with Crippen molar-refractivity contribution in [2.75, 3.05) is 95.7 Å². The minimum Gasteiger partial charge on any atom is -0.391 e. The Morgan fingerprint density at radius 3 is 2.25 bits per heavy atom. The van der Waals surface area contributed by atoms with Crippen LogP contribution in [0, 0.1) is 42.4 Å². The van der Waals surface area contributed by atoms with Crippen LogP contribution in [0.2, 0.25) is 0 Å². The molecule has 14 rings (SSSR count). The van der Waals surface area contributed by atoms with Gasteiger partial charge in [-0.3, -0.25) is 23.9 Å². The number of fused-ring (bicyclic) bond motifs is 2. The van der Waals surface area contributed by atoms with Gasteiger partial charge in [-0.05, 0) is 162 Å². The van der Waals surface area contributed by atoms with E-state index in [4.69, 9.17) is 44.2 Å². The summed E-state index contributed by atoms with van der Waals surface area (Å²) in [4.78, 5) is 77.7. The highest BCUT2D eigenvalue weighted by Gasteiger charge is 2.66. The van der Waals surface area contributed by atoms with Crippen molar-refractivity contribution in [3.05, 3.63) is 106 Å². The summed E-state index contributed by atoms with van der Waals surface area (Å²) in [7, 11) is 0. The molecular formula is C76H100N14O9S2. The average Bonchev–Trinajstić information content (AvgIpc) is 0.747. The molecule has 2 unspecified atom stereocenters. The van der Waals surface area contributed by atoms with Crippen LogP contribution in [0.25, 0.3) is 31.8 Å². The van der Waals surface area contributed by atoms with Crippen molar-refractivity contribution in [1.29, 1.82) is 0 Å². The van der Waals surface area contributed by atoms with E-state index in [0.29, 0.717) is 29.6 Å². The molecule has 2 aromatic carbocycles. The number of benzene rings is 2. The number of aromatic nitrogens is 7. The number of nitrogens with one attached hydrogen (secondary N) is 4. The number of thiazole rings is 2. The lowest BCUT2D eigenvalue weighted by Crippen LogP contribution is -2.64. The van der Waals surface area contributed by atoms with E-state index in [-0.39, 0.29) is 117 Å². The van der Waals surface area contributed by atoms with Crippen molar-refractivity contribution < 1.29 is 43.2 Å². The average molecular weight is 1420 g/mol. The Morgan fingerprint density at radius 1 is 0.792 bits per heavy atom. The number of carbonyl (C=O) groups is 4. The third-order valence-electron chi connectivity index (χ3n) is 21.6. The summed E-state index contributed by atoms with van der Waals surface area (Å²) < 4.78 is 27.9. The van der Waals surface area contributed by atoms with Gasteiger partial charge in [0.05, 0.1) is 96.5 Å². The van der Waals surface area contributed by atoms with Gasteiger partial charge in [0.1, 0.15) is 23.6 Å². The second-order valence-corrected chi connectivity index (χ2v) is 33.1. The normalized spacial score (nSPS) is 23.9. The number of β-amino-alcohol motifs (C(OH)–C–C–N with tert-alkyl or cyclic N) is 1. The molecule has 7 aromatic rings. The summed E-state index contributed by atoms with van der Waals surface area (Å²) in [6.07, 6.45) is 12.1. The number of anilines is 4. The fourth-order valence-electron chi connectivity index (χ4n) is 17.9. The summed E-state index contributed by atoms with van der Waals surface area (Å²) in [5.41, 5.74) is 10.1. The number of aliphatic hydroxyl groups excluding tert-OH is 1. The quantitative estimate of drug-likeness (QED) is 0.0273. The summed E-state index contributed by atoms with van der Waals surface area (Å²) in [5.74, 6) is 0.444. The molecule has 4 bridgehead atoms. The van der Waals surface area contributed by atoms with Crippen molar-refractivity contribution in [2.24, 2.45) is 21.7 Å². The number of aryl methyl sites for hydroxylation is 1. The van der Waals surface area contributed by atoms with Gasteiger partial charge < -0.3 is 60.0 Å². The first-order valence-electron chi connectivity index (χ1n) is 36.2. The maximum atomic E-state index is 14.7. The third kappa shape index (κ3) is 16.2. The number of pyridine rings is 1. The molecule has 0 spiro atoms. The summed E-state index contributed by atoms with van der Waals surface area (Å²) >= 11 is 3.15. The Kier molecular flexibility index (Phi) is 21.5. The molecule has 5 aromatic heterocycles. The lowest BCUT2D eigenvalue weighted by molar-refractivity contribution is -0.248. The second kappa shape index (κ2) is 30.1. The van der Waals surface area contributed by atoms with Gasteiger partial charge in [0.15, 0.2) is 16.8 Å². The molecular weight excluding hydrogens is 1320 g/mol. The minimum absolute atomic E-state index is 0.00722. The van der Waals surface area contributed by atoms with E-state index in [0.717, 1.165) is 124 Å². The van der Waals surface area contributed by atoms with E-state index < -0.39 is 29.5 Å². The molecule has 5 N–H and O–H groups in total. The fourth-order valence-corrected chi connectivity index (χ4v) is 19.6. The van der Waals surface area contributed by atoms with E-state index in [1.165, 1.54) is 37.3 Å². The van der Waals surface area contributed by atoms with Crippen LogP contribution in [-0.4, -0.2) is 183 Å². The first-order valence-corrected chi connectivity index (χ1v) is 37.9. The zero-order chi connectivity index (χ0) is 70.8. The molecule has 6 fully saturated rings. The topological polar surface area (TPSA) is 266 Å². The van der Waals surface area contributed by atoms with Gasteiger partial charge in [-0.2, -0.15) is 5.10 Å². The Hall–Kier alpha value is -7.36. The fraction of sp³-hybridized carbons (Fsp3) is 0.579. The number of hydrogen-bond donors (Lipinski definition) is 5. The molecule has 8 atom stereocenters. The number of ether oxygens (including phenoxy) is 4. The molecule has 4 aliphatic carbocycles. The number of likely N-dealkylation sites (tertiary alicyclic amines) is 2. The lowest BCUT2D eigenvalue weighted by Gasteiger charge is -2.69. The highest BCUT2D eigenvalue weighted by Crippen LogP contribution is 2.72. The van der Waals surface area contributed by atoms with Crippen molar-refractivity contribution >= 4 is 79.1 Å². The molecule has 4 saturated carbocycles. The van der Waals surface area contributed by atoms with E-state index in [1.54, 1.807) is 22.7 Å². The standard InChI is InChI=1S/C76H100N14O9S2/c1-48-55-15-14-28-88(67(55)86-85-66(48)84-71-81-58-16-10-11-17-60(58)101-71)61-23-22-56(57-38-79-90(51(57)4)46-75-41-73(8)40-74(9,42-75)44-76(43-73,45-75)99-32-29-87-26-12-13-27-87)63(82-61)69(94)77-25-31-97-34-36-98-35-33-96-30-24-62(92)83-65(72(5,6)7)70(95)89-39-54(91)37-59(89)68(93)80-49(2)52-18-20-53(21-19-52)64-50(3)78-47-100-64/h10-11,16-23,38,47,49,54,59,65,91H,12-15,24-37,39-46H2,1-9H3,(H,77,94)(H,80,93)(H,83,92)(H,81,84,85)/t49-,54+,59-,65+,73-,74+,75?,76?/m0/s1. The van der Waals surface area contributed by atoms with E-state index in [2.05, 4.69) is 74.5 Å². The van der Waals surface area contributed by atoms with Crippen molar-refractivity contribution in [3.63, 3.8) is 0 Å². The Bertz CT molecular complexity index is 4080. The molecule has 0 radical (unpaired) electrons. The number of aliphatic hydroxyl groups is 1. The van der Waals surface area contributed by atoms with Crippen LogP contribution in [0.15, 0.2) is 72.4 Å². The van der Waals surface area contributed by atoms with E-state index >= 15 is 0 Å². The highest BCUT2D eigenvalue weighted by molar-refractivity contribution is 7.22. The van der Waals surface area contributed by atoms with Gasteiger partial charge in [0.25, 0.3) is 5.91 Å². The second-order valence-electron chi connectivity index (χ2n) is 31.2. The maximum absolute atomic E-state index is 14.7. The zero-order valence-corrected chi connectivity index (χ0v) is 61.8. The van der Waals surface area contributed by atoms with Crippen LogP contribution in [0.4, 0.5) is 22.6 Å². The zero-order valence-electron chi connectivity index (χ0n) is 60.1. The van der Waals surface area contributed by atoms with Crippen molar-refractivity contribution in [1.82, 2.24) is 60.7 Å². The molecule has 7 aliphatic rings. The molecule has 540 valence electrons. The number of para-hydroxylation sites is 1. The minimum atomic E-state index is -0.967. The van der Waals surface area contributed by atoms with Crippen molar-refractivity contribution in [2.45, 2.75) is 176 Å². The highest BCUT2D eigenvalue weighted by atomic mass is 32.1. The molecule has 23 nitrogen and oxygen atoms in total. The first kappa shape index (κ1) is 72.0. The predicted molar refractivity (Wildman–Crippen MR) is 392 cm³/mol. The molecule has 101 heavy (non-hydrogen) atoms. The van der Waals surface area contributed by atoms with E-state index in [9.17, 15) is 24.3 Å². The van der Waals surface area contributed by atoms with Crippen LogP contribution in [0.5, 0.6) is 0 Å². The smallest absolute Gasteiger partial charge is 0.270 e. The summed E-state index contributed by atoms with van der Waals surface area (Å²) in [6, 6.07) is 17.8. The van der Waals surface area contributed by atoms with Gasteiger partial charge >= 0.3 is 0 Å². The number of hydrogen-bond acceptors (Lipinski definition) is 20. The van der Waals surface area contributed by atoms with Gasteiger partial charge in [0.2, 0.25) is 17.7 Å². The molecule has 2 saturated heterocycles. The Balaban J connectivity index is 0.601. The van der Waals surface area contributed by atoms with Crippen molar-refractivity contribution in [3.8, 4) is 21.6 Å². The Morgan fingerprint density at radius 2 is 1.52 bits per heavy atom. The summed E-state index contributed by atoms with van der Waals surface area (Å²) in [5, 5.41) is 38.7. The van der Waals surface area contributed by atoms with Crippen LogP contribution < -0.4 is 26.2 Å². The lowest BCUT2D eigenvalue weighted by atomic mass is 9.39. The van der Waals surface area contributed by atoms with Gasteiger partial charge in [-0.15, -0.1) is 21.5 Å². The number of nitrogens with zero attached hydrogens (tertiary/aromatic N) is 10. The van der Waals surface area contributed by atoms with Crippen LogP contribution >= 0.6 is 22.7 Å². The number of rotatable bonds is 29. The SMILES string of the molecule is Cc1ncsc1-c1ccc([C@H](C)NC(=O)[C@@H]2C[C@@H](O)CN2C(=O)[C@@H](NC(=O)CCOCCOCCOCCNC(=O)c2nc(N3CCCc4c3nnc(Nc3nc5ccccc5s3)c4C)ccc2-c2cnn(CC34CC5(OCCN6CCCC6)C[C@](C)(C3)C[C@](C)(C4)C5)c2C)C(C)(C)C)cc1. The summed E-state index contributed by atoms with van der Waals surface area (Å²) in [6.45, 7) is 25.7. The predicted octanol–water partition coefficient (Wildman–Crippen LogP) is 11.0. The third-order valence-corrected chi connectivity index (χ3v) is 23.6. The monoisotopic (exact) mass is 1420 g/mol. The first-order chi connectivity index (χ1) is 48.4. The van der Waals surface area contributed by atoms with Crippen LogP contribution in [0.3, 0.4) is 0 Å². The van der Waals surface area contributed by atoms with Crippen LogP contribution in [0.1, 0.15) is 157 Å². The van der Waals surface area contributed by atoms with Gasteiger partial charge in [-0.1, -0.05) is 82.4 Å². The molecule has 25 heteroatoms. The number of amides is 4. The van der Waals surface area contributed by atoms with Gasteiger partial charge in [-0.25, -0.2) is 15.0 Å². The van der Waals surface area contributed by atoms with Gasteiger partial charge in [0, 0.05) is 73.5 Å². The van der Waals surface area contributed by atoms with Crippen LogP contribution in [-0.2, 0) is 46.3 Å². The Labute approximate surface area is 600 Å². The molecule has 3 aliphatic heterocycles. The van der Waals surface area contributed by atoms with E-state index in [1.807, 2.05) is 101 Å². The largest absolute Gasteiger partial charge is 0.391 e. The molecule has 4 amide bonds. The molecule has 8 heterocycles. The number of carbonyl (C=O) groups excluding carboxylic acids is 4. The maximum Gasteiger partial charge on any atom is 0.270 e.